The second-order valence-electron chi connectivity index (χ2n) is 9.72. The Morgan fingerprint density at radius 1 is 0.971 bits per heavy atom. The number of fused-ring (bicyclic) bond motifs is 3. The Hall–Kier alpha value is -3.35. The highest BCUT2D eigenvalue weighted by molar-refractivity contribution is 5.89. The van der Waals surface area contributed by atoms with E-state index < -0.39 is 17.5 Å². The van der Waals surface area contributed by atoms with Gasteiger partial charge in [-0.1, -0.05) is 61.4 Å². The van der Waals surface area contributed by atoms with Crippen molar-refractivity contribution in [3.63, 3.8) is 0 Å². The number of alkyl carbamates (subject to hydrolysis) is 1. The average Bonchev–Trinajstić information content (AvgIpc) is 3.30. The van der Waals surface area contributed by atoms with Crippen molar-refractivity contribution >= 4 is 18.0 Å². The number of ether oxygens (including phenoxy) is 1. The molecule has 3 aliphatic carbocycles. The van der Waals surface area contributed by atoms with Gasteiger partial charge in [0.2, 0.25) is 5.91 Å². The molecule has 3 aliphatic rings. The molecule has 2 saturated carbocycles. The van der Waals surface area contributed by atoms with Gasteiger partial charge in [0.25, 0.3) is 0 Å². The third-order valence-electron chi connectivity index (χ3n) is 7.55. The van der Waals surface area contributed by atoms with Crippen LogP contribution in [0.25, 0.3) is 11.1 Å². The van der Waals surface area contributed by atoms with Crippen LogP contribution in [0.1, 0.15) is 55.6 Å². The van der Waals surface area contributed by atoms with Crippen LogP contribution in [0.3, 0.4) is 0 Å². The largest absolute Gasteiger partial charge is 0.480 e. The minimum absolute atomic E-state index is 0.0180. The van der Waals surface area contributed by atoms with Crippen molar-refractivity contribution < 1.29 is 24.2 Å². The lowest BCUT2D eigenvalue weighted by atomic mass is 9.98. The number of hydrogen-bond acceptors (Lipinski definition) is 4. The summed E-state index contributed by atoms with van der Waals surface area (Å²) in [6, 6.07) is 16.3. The average molecular weight is 463 g/mol. The van der Waals surface area contributed by atoms with Gasteiger partial charge in [0.15, 0.2) is 0 Å². The Morgan fingerprint density at radius 2 is 1.56 bits per heavy atom. The first-order chi connectivity index (χ1) is 16.5. The van der Waals surface area contributed by atoms with Gasteiger partial charge in [-0.3, -0.25) is 9.59 Å². The van der Waals surface area contributed by atoms with E-state index in [-0.39, 0.29) is 37.6 Å². The molecule has 0 heterocycles. The molecule has 0 spiro atoms. The molecule has 0 aliphatic heterocycles. The van der Waals surface area contributed by atoms with Gasteiger partial charge < -0.3 is 20.1 Å². The summed E-state index contributed by atoms with van der Waals surface area (Å²) in [5.41, 5.74) is 3.92. The number of rotatable bonds is 8. The topological polar surface area (TPSA) is 95.9 Å². The number of carbonyl (C=O) groups excluding carboxylic acids is 2. The highest BCUT2D eigenvalue weighted by atomic mass is 16.5. The van der Waals surface area contributed by atoms with Crippen LogP contribution in [-0.4, -0.2) is 53.7 Å². The van der Waals surface area contributed by atoms with Crippen molar-refractivity contribution in [1.29, 1.82) is 0 Å². The standard InChI is InChI=1S/C27H30N2O5/c30-24(31)15-29(18-7-1-2-8-18)25(32)27(13-14-27)17-28-26(33)34-16-23-21-11-5-3-9-19(21)20-10-4-6-12-22(20)23/h3-6,9-12,18,23H,1-2,7-8,13-17H2,(H,28,33)(H,30,31). The lowest BCUT2D eigenvalue weighted by molar-refractivity contribution is -0.149. The molecule has 0 atom stereocenters. The number of carboxylic acids is 1. The lowest BCUT2D eigenvalue weighted by Crippen LogP contribution is -2.48. The molecule has 2 N–H and O–H groups in total. The minimum atomic E-state index is -0.999. The predicted molar refractivity (Wildman–Crippen MR) is 126 cm³/mol. The fourth-order valence-corrected chi connectivity index (χ4v) is 5.54. The van der Waals surface area contributed by atoms with Crippen LogP contribution in [0.2, 0.25) is 0 Å². The number of benzene rings is 2. The van der Waals surface area contributed by atoms with E-state index in [9.17, 15) is 19.5 Å². The van der Waals surface area contributed by atoms with E-state index in [1.165, 1.54) is 16.0 Å². The van der Waals surface area contributed by atoms with Gasteiger partial charge in [0.1, 0.15) is 13.2 Å². The zero-order chi connectivity index (χ0) is 23.7. The molecule has 2 aromatic rings. The fourth-order valence-electron chi connectivity index (χ4n) is 5.54. The third-order valence-corrected chi connectivity index (χ3v) is 7.55. The maximum Gasteiger partial charge on any atom is 0.407 e. The Balaban J connectivity index is 1.20. The maximum atomic E-state index is 13.3. The smallest absolute Gasteiger partial charge is 0.407 e. The molecular formula is C27H30N2O5. The number of carbonyl (C=O) groups is 3. The van der Waals surface area contributed by atoms with E-state index in [4.69, 9.17) is 4.74 Å². The van der Waals surface area contributed by atoms with Gasteiger partial charge >= 0.3 is 12.1 Å². The number of amides is 2. The first-order valence-corrected chi connectivity index (χ1v) is 12.1. The van der Waals surface area contributed by atoms with Gasteiger partial charge in [-0.15, -0.1) is 0 Å². The van der Waals surface area contributed by atoms with Gasteiger partial charge in [-0.25, -0.2) is 4.79 Å². The summed E-state index contributed by atoms with van der Waals surface area (Å²) in [6.45, 7) is 0.107. The first kappa shape index (κ1) is 22.4. The van der Waals surface area contributed by atoms with Gasteiger partial charge in [-0.05, 0) is 47.9 Å². The van der Waals surface area contributed by atoms with Crippen LogP contribution in [0.4, 0.5) is 4.79 Å². The molecule has 178 valence electrons. The SMILES string of the molecule is O=C(O)CN(C(=O)C1(CNC(=O)OCC2c3ccccc3-c3ccccc32)CC1)C1CCCC1. The normalized spacial score (nSPS) is 18.1. The Kier molecular flexibility index (Phi) is 6.02. The molecule has 34 heavy (non-hydrogen) atoms. The highest BCUT2D eigenvalue weighted by Crippen LogP contribution is 2.48. The molecule has 0 bridgehead atoms. The van der Waals surface area contributed by atoms with Gasteiger partial charge in [-0.2, -0.15) is 0 Å². The van der Waals surface area contributed by atoms with Crippen molar-refractivity contribution in [2.24, 2.45) is 5.41 Å². The van der Waals surface area contributed by atoms with E-state index in [1.54, 1.807) is 0 Å². The summed E-state index contributed by atoms with van der Waals surface area (Å²) in [5, 5.41) is 12.1. The fraction of sp³-hybridized carbons (Fsp3) is 0.444. The molecule has 0 aromatic heterocycles. The summed E-state index contributed by atoms with van der Waals surface area (Å²) in [5.74, 6) is -1.18. The number of nitrogens with one attached hydrogen (secondary N) is 1. The van der Waals surface area contributed by atoms with Gasteiger partial charge in [0, 0.05) is 18.5 Å². The van der Waals surface area contributed by atoms with Crippen LogP contribution >= 0.6 is 0 Å². The van der Waals surface area contributed by atoms with Gasteiger partial charge in [0.05, 0.1) is 5.41 Å². The summed E-state index contributed by atoms with van der Waals surface area (Å²) >= 11 is 0. The van der Waals surface area contributed by atoms with E-state index in [0.717, 1.165) is 36.8 Å². The van der Waals surface area contributed by atoms with Crippen molar-refractivity contribution in [1.82, 2.24) is 10.2 Å². The van der Waals surface area contributed by atoms with Crippen LogP contribution in [0.15, 0.2) is 48.5 Å². The molecule has 0 radical (unpaired) electrons. The number of aliphatic carboxylic acids is 1. The lowest BCUT2D eigenvalue weighted by Gasteiger charge is -2.31. The summed E-state index contributed by atoms with van der Waals surface area (Å²) in [6.07, 6.45) is 4.46. The van der Waals surface area contributed by atoms with E-state index in [2.05, 4.69) is 29.6 Å². The first-order valence-electron chi connectivity index (χ1n) is 12.1. The molecule has 0 saturated heterocycles. The summed E-state index contributed by atoms with van der Waals surface area (Å²) < 4.78 is 5.60. The van der Waals surface area contributed by atoms with Crippen LogP contribution in [-0.2, 0) is 14.3 Å². The Labute approximate surface area is 199 Å². The quantitative estimate of drug-likeness (QED) is 0.614. The monoisotopic (exact) mass is 462 g/mol. The molecular weight excluding hydrogens is 432 g/mol. The second-order valence-corrected chi connectivity index (χ2v) is 9.72. The number of nitrogens with zero attached hydrogens (tertiary/aromatic N) is 1. The number of carboxylic acid groups (broad SMARTS) is 1. The minimum Gasteiger partial charge on any atom is -0.480 e. The zero-order valence-electron chi connectivity index (χ0n) is 19.2. The molecule has 2 amide bonds. The molecule has 5 rings (SSSR count). The van der Waals surface area contributed by atoms with E-state index >= 15 is 0 Å². The maximum absolute atomic E-state index is 13.3. The van der Waals surface area contributed by atoms with E-state index in [0.29, 0.717) is 12.8 Å². The third kappa shape index (κ3) is 4.27. The zero-order valence-corrected chi connectivity index (χ0v) is 19.2. The molecule has 7 nitrogen and oxygen atoms in total. The summed E-state index contributed by atoms with van der Waals surface area (Å²) in [4.78, 5) is 38.8. The summed E-state index contributed by atoms with van der Waals surface area (Å²) in [7, 11) is 0. The predicted octanol–water partition coefficient (Wildman–Crippen LogP) is 4.16. The molecule has 2 fully saturated rings. The van der Waals surface area contributed by atoms with Crippen molar-refractivity contribution in [2.45, 2.75) is 50.5 Å². The van der Waals surface area contributed by atoms with Crippen molar-refractivity contribution in [3.8, 4) is 11.1 Å². The van der Waals surface area contributed by atoms with Crippen LogP contribution in [0.5, 0.6) is 0 Å². The van der Waals surface area contributed by atoms with Crippen LogP contribution in [0, 0.1) is 5.41 Å². The molecule has 2 aromatic carbocycles. The van der Waals surface area contributed by atoms with Crippen LogP contribution < -0.4 is 5.32 Å². The second kappa shape index (κ2) is 9.12. The van der Waals surface area contributed by atoms with Crippen molar-refractivity contribution in [3.05, 3.63) is 59.7 Å². The molecule has 7 heteroatoms. The number of hydrogen-bond donors (Lipinski definition) is 2. The molecule has 0 unspecified atom stereocenters. The Morgan fingerprint density at radius 3 is 2.12 bits per heavy atom. The van der Waals surface area contributed by atoms with E-state index in [1.807, 2.05) is 24.3 Å². The Bertz CT molecular complexity index is 1060. The highest BCUT2D eigenvalue weighted by Gasteiger charge is 2.53. The van der Waals surface area contributed by atoms with Crippen molar-refractivity contribution in [2.75, 3.05) is 19.7 Å².